The molecule has 3 aromatic rings. The maximum absolute atomic E-state index is 12.9. The zero-order valence-electron chi connectivity index (χ0n) is 13.2. The molecular formula is C19H15F3N2S. The van der Waals surface area contributed by atoms with Gasteiger partial charge in [-0.1, -0.05) is 24.3 Å². The monoisotopic (exact) mass is 360 g/mol. The average molecular weight is 360 g/mol. The highest BCUT2D eigenvalue weighted by Gasteiger charge is 2.31. The second-order valence-electron chi connectivity index (χ2n) is 5.92. The molecule has 0 radical (unpaired) electrons. The number of alkyl halides is 3. The van der Waals surface area contributed by atoms with Crippen LogP contribution in [0.15, 0.2) is 60.3 Å². The molecule has 0 unspecified atom stereocenters. The van der Waals surface area contributed by atoms with Crippen LogP contribution in [0.3, 0.4) is 0 Å². The van der Waals surface area contributed by atoms with E-state index in [2.05, 4.69) is 29.7 Å². The number of nitrogens with zero attached hydrogens (tertiary/aromatic N) is 1. The first kappa shape index (κ1) is 16.0. The molecule has 1 aliphatic rings. The highest BCUT2D eigenvalue weighted by Crippen LogP contribution is 2.33. The molecule has 2 heterocycles. The average Bonchev–Trinajstić information content (AvgIpc) is 3.20. The van der Waals surface area contributed by atoms with Crippen molar-refractivity contribution in [2.45, 2.75) is 12.6 Å². The van der Waals surface area contributed by atoms with Gasteiger partial charge in [0, 0.05) is 28.2 Å². The Labute approximate surface area is 147 Å². The summed E-state index contributed by atoms with van der Waals surface area (Å²) < 4.78 is 39.8. The lowest BCUT2D eigenvalue weighted by Crippen LogP contribution is -2.29. The summed E-state index contributed by atoms with van der Waals surface area (Å²) in [4.78, 5) is 1.13. The number of thiophene rings is 1. The van der Waals surface area contributed by atoms with Gasteiger partial charge in [0.1, 0.15) is 0 Å². The molecule has 0 spiro atoms. The van der Waals surface area contributed by atoms with Crippen molar-refractivity contribution >= 4 is 33.2 Å². The molecule has 0 atom stereocenters. The molecule has 2 aromatic carbocycles. The number of halogens is 3. The van der Waals surface area contributed by atoms with E-state index < -0.39 is 11.7 Å². The van der Waals surface area contributed by atoms with Crippen LogP contribution >= 0.6 is 11.3 Å². The van der Waals surface area contributed by atoms with Crippen LogP contribution in [0.25, 0.3) is 16.2 Å². The number of hydrogen-bond acceptors (Lipinski definition) is 3. The first-order chi connectivity index (χ1) is 12.0. The van der Waals surface area contributed by atoms with E-state index in [9.17, 15) is 13.2 Å². The Morgan fingerprint density at radius 2 is 1.88 bits per heavy atom. The third-order valence-corrected chi connectivity index (χ3v) is 5.19. The maximum atomic E-state index is 12.9. The van der Waals surface area contributed by atoms with Gasteiger partial charge < -0.3 is 5.43 Å². The van der Waals surface area contributed by atoms with Gasteiger partial charge in [0.15, 0.2) is 0 Å². The Morgan fingerprint density at radius 3 is 2.68 bits per heavy atom. The molecule has 2 nitrogen and oxygen atoms in total. The Hall–Kier alpha value is -2.47. The number of nitrogens with one attached hydrogen (secondary N) is 1. The van der Waals surface area contributed by atoms with Gasteiger partial charge in [-0.05, 0) is 41.8 Å². The molecule has 1 N–H and O–H groups in total. The first-order valence-corrected chi connectivity index (χ1v) is 8.71. The topological polar surface area (TPSA) is 15.3 Å². The Morgan fingerprint density at radius 1 is 1.04 bits per heavy atom. The van der Waals surface area contributed by atoms with E-state index in [1.165, 1.54) is 22.2 Å². The summed E-state index contributed by atoms with van der Waals surface area (Å²) in [6.07, 6.45) is -1.49. The molecule has 0 aliphatic carbocycles. The molecule has 6 heteroatoms. The van der Waals surface area contributed by atoms with Crippen molar-refractivity contribution in [1.29, 1.82) is 0 Å². The Kier molecular flexibility index (Phi) is 3.92. The quantitative estimate of drug-likeness (QED) is 0.633. The van der Waals surface area contributed by atoms with Crippen molar-refractivity contribution in [3.05, 3.63) is 70.7 Å². The summed E-state index contributed by atoms with van der Waals surface area (Å²) in [6, 6.07) is 15.7. The summed E-state index contributed by atoms with van der Waals surface area (Å²) in [5.74, 6) is 0. The normalized spacial score (nSPS) is 16.6. The van der Waals surface area contributed by atoms with E-state index in [4.69, 9.17) is 0 Å². The summed E-state index contributed by atoms with van der Waals surface area (Å²) >= 11 is 1.70. The molecule has 0 bridgehead atoms. The van der Waals surface area contributed by atoms with Gasteiger partial charge in [0.2, 0.25) is 0 Å². The van der Waals surface area contributed by atoms with Crippen LogP contribution in [-0.2, 0) is 6.18 Å². The largest absolute Gasteiger partial charge is 0.416 e. The second kappa shape index (κ2) is 6.11. The van der Waals surface area contributed by atoms with E-state index in [0.29, 0.717) is 12.2 Å². The number of hydrazine groups is 1. The molecule has 1 aliphatic heterocycles. The summed E-state index contributed by atoms with van der Waals surface area (Å²) in [5, 5.41) is 2.96. The molecule has 1 saturated heterocycles. The van der Waals surface area contributed by atoms with Crippen molar-refractivity contribution in [3.63, 3.8) is 0 Å². The molecule has 1 fully saturated rings. The Bertz CT molecular complexity index is 910. The molecular weight excluding hydrogens is 345 g/mol. The van der Waals surface area contributed by atoms with Crippen molar-refractivity contribution in [2.24, 2.45) is 0 Å². The molecule has 0 amide bonds. The van der Waals surface area contributed by atoms with Gasteiger partial charge in [-0.15, -0.1) is 11.3 Å². The second-order valence-corrected chi connectivity index (χ2v) is 7.03. The molecule has 0 saturated carbocycles. The van der Waals surface area contributed by atoms with Gasteiger partial charge >= 0.3 is 6.18 Å². The molecule has 4 rings (SSSR count). The van der Waals surface area contributed by atoms with Crippen LogP contribution in [0.4, 0.5) is 18.9 Å². The molecule has 1 aromatic heterocycles. The van der Waals surface area contributed by atoms with Crippen LogP contribution < -0.4 is 10.4 Å². The van der Waals surface area contributed by atoms with E-state index >= 15 is 0 Å². The van der Waals surface area contributed by atoms with Crippen molar-refractivity contribution in [1.82, 2.24) is 5.43 Å². The first-order valence-electron chi connectivity index (χ1n) is 7.90. The fourth-order valence-electron chi connectivity index (χ4n) is 2.91. The maximum Gasteiger partial charge on any atom is 0.416 e. The van der Waals surface area contributed by atoms with Crippen LogP contribution in [0, 0.1) is 0 Å². The summed E-state index contributed by atoms with van der Waals surface area (Å²) in [6.45, 7) is 0.637. The van der Waals surface area contributed by atoms with Gasteiger partial charge in [0.05, 0.1) is 11.3 Å². The van der Waals surface area contributed by atoms with Crippen molar-refractivity contribution in [3.8, 4) is 0 Å². The lowest BCUT2D eigenvalue weighted by atomic mass is 10.2. The standard InChI is InChI=1S/C19H15F3N2S/c20-19(21,22)14-5-3-6-16(11-14)24-9-8-15(23-24)12-17-10-13-4-1-2-7-18(13)25-17/h1-7,10-12,23H,8-9H2. The highest BCUT2D eigenvalue weighted by atomic mass is 32.1. The highest BCUT2D eigenvalue weighted by molar-refractivity contribution is 7.19. The number of anilines is 1. The van der Waals surface area contributed by atoms with E-state index in [-0.39, 0.29) is 0 Å². The predicted octanol–water partition coefficient (Wildman–Crippen LogP) is 5.68. The number of hydrogen-bond donors (Lipinski definition) is 1. The number of benzene rings is 2. The van der Waals surface area contributed by atoms with Gasteiger partial charge in [-0.2, -0.15) is 13.2 Å². The lowest BCUT2D eigenvalue weighted by Gasteiger charge is -2.19. The minimum Gasteiger partial charge on any atom is -0.302 e. The van der Waals surface area contributed by atoms with Crippen LogP contribution in [0.5, 0.6) is 0 Å². The zero-order valence-corrected chi connectivity index (χ0v) is 14.0. The van der Waals surface area contributed by atoms with Crippen LogP contribution in [0.2, 0.25) is 0 Å². The van der Waals surface area contributed by atoms with Crippen LogP contribution in [-0.4, -0.2) is 6.54 Å². The summed E-state index contributed by atoms with van der Waals surface area (Å²) in [5.41, 5.74) is 4.11. The zero-order chi connectivity index (χ0) is 17.4. The fraction of sp³-hybridized carbons (Fsp3) is 0.158. The molecule has 25 heavy (non-hydrogen) atoms. The predicted molar refractivity (Wildman–Crippen MR) is 96.3 cm³/mol. The number of fused-ring (bicyclic) bond motifs is 1. The minimum atomic E-state index is -4.33. The molecule has 128 valence electrons. The third-order valence-electron chi connectivity index (χ3n) is 4.13. The van der Waals surface area contributed by atoms with Gasteiger partial charge in [-0.3, -0.25) is 5.01 Å². The van der Waals surface area contributed by atoms with Gasteiger partial charge in [0.25, 0.3) is 0 Å². The summed E-state index contributed by atoms with van der Waals surface area (Å²) in [7, 11) is 0. The SMILES string of the molecule is FC(F)(F)c1cccc(N2CCC(=Cc3cc4ccccc4s3)N2)c1. The van der Waals surface area contributed by atoms with Gasteiger partial charge in [-0.25, -0.2) is 0 Å². The van der Waals surface area contributed by atoms with Crippen molar-refractivity contribution < 1.29 is 13.2 Å². The third kappa shape index (κ3) is 3.35. The van der Waals surface area contributed by atoms with E-state index in [0.717, 1.165) is 23.1 Å². The van der Waals surface area contributed by atoms with Crippen molar-refractivity contribution in [2.75, 3.05) is 11.6 Å². The van der Waals surface area contributed by atoms with E-state index in [1.807, 2.05) is 12.1 Å². The van der Waals surface area contributed by atoms with E-state index in [1.54, 1.807) is 22.4 Å². The Balaban J connectivity index is 1.55. The van der Waals surface area contributed by atoms with Crippen LogP contribution in [0.1, 0.15) is 16.9 Å². The lowest BCUT2D eigenvalue weighted by molar-refractivity contribution is -0.137. The number of rotatable bonds is 2. The fourth-order valence-corrected chi connectivity index (χ4v) is 3.94. The minimum absolute atomic E-state index is 0.523. The smallest absolute Gasteiger partial charge is 0.302 e.